The number of carbonyl (C=O) groups is 1. The van der Waals surface area contributed by atoms with E-state index in [2.05, 4.69) is 0 Å². The highest BCUT2D eigenvalue weighted by atomic mass is 35.5. The van der Waals surface area contributed by atoms with Crippen molar-refractivity contribution in [3.8, 4) is 0 Å². The summed E-state index contributed by atoms with van der Waals surface area (Å²) < 4.78 is 0. The summed E-state index contributed by atoms with van der Waals surface area (Å²) in [7, 11) is 0. The zero-order chi connectivity index (χ0) is 5.28. The Kier molecular flexibility index (Phi) is 0.988. The summed E-state index contributed by atoms with van der Waals surface area (Å²) in [6.45, 7) is 0. The molecule has 0 aromatic carbocycles. The Bertz CT molecular complexity index is 155. The summed E-state index contributed by atoms with van der Waals surface area (Å²) in [5, 5.41) is 0.701. The lowest BCUT2D eigenvalue weighted by atomic mass is 10.5. The van der Waals surface area contributed by atoms with Crippen LogP contribution in [0.1, 0.15) is 0 Å². The predicted octanol–water partition coefficient (Wildman–Crippen LogP) is 1.25. The van der Waals surface area contributed by atoms with Gasteiger partial charge < -0.3 is 0 Å². The summed E-state index contributed by atoms with van der Waals surface area (Å²) in [6.07, 6.45) is 3.89. The fourth-order valence-electron chi connectivity index (χ4n) is 0.301. The molecule has 0 aromatic rings. The van der Waals surface area contributed by atoms with Crippen LogP contribution in [0.3, 0.4) is 0 Å². The fraction of sp³-hybridized carbons (Fsp3) is 0. The zero-order valence-electron chi connectivity index (χ0n) is 3.52. The first-order valence-electron chi connectivity index (χ1n) is 1.87. The third kappa shape index (κ3) is 0.904. The van der Waals surface area contributed by atoms with Gasteiger partial charge in [0, 0.05) is 5.03 Å². The molecule has 7 heavy (non-hydrogen) atoms. The Labute approximate surface area is 46.3 Å². The molecule has 0 radical (unpaired) electrons. The van der Waals surface area contributed by atoms with Gasteiger partial charge in [-0.1, -0.05) is 11.6 Å². The van der Waals surface area contributed by atoms with Crippen molar-refractivity contribution in [1.82, 2.24) is 0 Å². The molecule has 0 N–H and O–H groups in total. The van der Waals surface area contributed by atoms with Gasteiger partial charge in [0.15, 0.2) is 0 Å². The first kappa shape index (κ1) is 4.60. The molecule has 0 saturated carbocycles. The molecule has 0 bridgehead atoms. The Balaban J connectivity index is 2.50. The van der Waals surface area contributed by atoms with Crippen LogP contribution in [-0.4, -0.2) is 6.29 Å². The highest BCUT2D eigenvalue weighted by molar-refractivity contribution is 6.36. The molecule has 0 heterocycles. The monoisotopic (exact) mass is 114 g/mol. The van der Waals surface area contributed by atoms with Crippen molar-refractivity contribution in [3.63, 3.8) is 0 Å². The number of allylic oxidation sites excluding steroid dienone is 4. The van der Waals surface area contributed by atoms with Crippen LogP contribution < -0.4 is 0 Å². The van der Waals surface area contributed by atoms with E-state index in [4.69, 9.17) is 11.6 Å². The SMILES string of the molecule is O=C/C=C1C=C\1Cl. The molecule has 0 aromatic heterocycles. The molecule has 36 valence electrons. The standard InChI is InChI=1S/C5H3ClO/c6-5-3-4(5)1-2-7/h1-3H/b4-1+. The maximum Gasteiger partial charge on any atom is 0.143 e. The van der Waals surface area contributed by atoms with E-state index in [-0.39, 0.29) is 0 Å². The summed E-state index contributed by atoms with van der Waals surface area (Å²) >= 11 is 5.36. The summed E-state index contributed by atoms with van der Waals surface area (Å²) in [5.74, 6) is 0. The van der Waals surface area contributed by atoms with Crippen LogP contribution in [0.5, 0.6) is 0 Å². The quantitative estimate of drug-likeness (QED) is 0.370. The van der Waals surface area contributed by atoms with Crippen LogP contribution in [-0.2, 0) is 4.79 Å². The first-order valence-corrected chi connectivity index (χ1v) is 2.25. The smallest absolute Gasteiger partial charge is 0.143 e. The second-order valence-corrected chi connectivity index (χ2v) is 1.66. The van der Waals surface area contributed by atoms with E-state index in [1.807, 2.05) is 0 Å². The van der Waals surface area contributed by atoms with Crippen LogP contribution >= 0.6 is 11.6 Å². The minimum Gasteiger partial charge on any atom is -0.299 e. The molecule has 0 amide bonds. The van der Waals surface area contributed by atoms with Crippen LogP contribution in [0.15, 0.2) is 22.8 Å². The second-order valence-electron chi connectivity index (χ2n) is 1.25. The highest BCUT2D eigenvalue weighted by Crippen LogP contribution is 2.30. The number of hydrogen-bond acceptors (Lipinski definition) is 1. The molecule has 0 unspecified atom stereocenters. The molecular formula is C5H3ClO. The molecule has 2 heteroatoms. The van der Waals surface area contributed by atoms with Crippen molar-refractivity contribution in [2.24, 2.45) is 0 Å². The second kappa shape index (κ2) is 1.51. The molecule has 0 saturated heterocycles. The number of carbonyl (C=O) groups excluding carboxylic acids is 1. The van der Waals surface area contributed by atoms with Crippen molar-refractivity contribution in [2.75, 3.05) is 0 Å². The predicted molar refractivity (Wildman–Crippen MR) is 28.1 cm³/mol. The average Bonchev–Trinajstić information content (AvgIpc) is 2.22. The van der Waals surface area contributed by atoms with Gasteiger partial charge in [0.05, 0.1) is 0 Å². The molecule has 1 aliphatic carbocycles. The Morgan fingerprint density at radius 3 is 2.43 bits per heavy atom. The third-order valence-electron chi connectivity index (χ3n) is 0.722. The van der Waals surface area contributed by atoms with Gasteiger partial charge in [-0.15, -0.1) is 0 Å². The van der Waals surface area contributed by atoms with Crippen LogP contribution in [0, 0.1) is 0 Å². The lowest BCUT2D eigenvalue weighted by Gasteiger charge is -1.62. The number of halogens is 1. The van der Waals surface area contributed by atoms with Gasteiger partial charge in [0.2, 0.25) is 0 Å². The minimum atomic E-state index is 0.701. The summed E-state index contributed by atoms with van der Waals surface area (Å²) in [4.78, 5) is 9.63. The molecule has 0 aliphatic heterocycles. The molecule has 0 atom stereocenters. The zero-order valence-corrected chi connectivity index (χ0v) is 4.27. The topological polar surface area (TPSA) is 17.1 Å². The highest BCUT2D eigenvalue weighted by Gasteiger charge is 2.10. The van der Waals surface area contributed by atoms with Crippen molar-refractivity contribution < 1.29 is 4.79 Å². The first-order chi connectivity index (χ1) is 3.34. The Morgan fingerprint density at radius 1 is 1.71 bits per heavy atom. The normalized spacial score (nSPS) is 21.9. The molecule has 1 rings (SSSR count). The molecular weight excluding hydrogens is 112 g/mol. The van der Waals surface area contributed by atoms with E-state index in [0.29, 0.717) is 5.03 Å². The largest absolute Gasteiger partial charge is 0.299 e. The van der Waals surface area contributed by atoms with E-state index in [9.17, 15) is 4.79 Å². The van der Waals surface area contributed by atoms with Gasteiger partial charge >= 0.3 is 0 Å². The Hall–Kier alpha value is -0.560. The maximum atomic E-state index is 9.63. The molecule has 1 aliphatic rings. The van der Waals surface area contributed by atoms with E-state index in [1.54, 1.807) is 6.08 Å². The summed E-state index contributed by atoms with van der Waals surface area (Å²) in [6, 6.07) is 0. The van der Waals surface area contributed by atoms with Gasteiger partial charge in [0.1, 0.15) is 6.29 Å². The van der Waals surface area contributed by atoms with Crippen molar-refractivity contribution in [2.45, 2.75) is 0 Å². The average molecular weight is 115 g/mol. The lowest BCUT2D eigenvalue weighted by molar-refractivity contribution is -0.104. The maximum absolute atomic E-state index is 9.63. The van der Waals surface area contributed by atoms with Gasteiger partial charge in [-0.25, -0.2) is 0 Å². The van der Waals surface area contributed by atoms with Gasteiger partial charge in [-0.05, 0) is 17.7 Å². The van der Waals surface area contributed by atoms with E-state index < -0.39 is 0 Å². The van der Waals surface area contributed by atoms with Crippen LogP contribution in [0.4, 0.5) is 0 Å². The van der Waals surface area contributed by atoms with Gasteiger partial charge in [-0.2, -0.15) is 0 Å². The van der Waals surface area contributed by atoms with E-state index in [0.717, 1.165) is 11.9 Å². The molecule has 1 nitrogen and oxygen atoms in total. The third-order valence-corrected chi connectivity index (χ3v) is 1.05. The van der Waals surface area contributed by atoms with Gasteiger partial charge in [0.25, 0.3) is 0 Å². The fourth-order valence-corrected chi connectivity index (χ4v) is 0.482. The number of hydrogen-bond donors (Lipinski definition) is 0. The number of aldehydes is 1. The lowest BCUT2D eigenvalue weighted by Crippen LogP contribution is -1.56. The number of rotatable bonds is 1. The van der Waals surface area contributed by atoms with Crippen LogP contribution in [0.25, 0.3) is 0 Å². The van der Waals surface area contributed by atoms with Gasteiger partial charge in [-0.3, -0.25) is 4.79 Å². The Morgan fingerprint density at radius 2 is 2.29 bits per heavy atom. The van der Waals surface area contributed by atoms with Crippen LogP contribution in [0.2, 0.25) is 0 Å². The minimum absolute atomic E-state index is 0.701. The van der Waals surface area contributed by atoms with E-state index >= 15 is 0 Å². The van der Waals surface area contributed by atoms with Crippen molar-refractivity contribution in [1.29, 1.82) is 0 Å². The molecule has 0 spiro atoms. The molecule has 0 fully saturated rings. The van der Waals surface area contributed by atoms with E-state index in [1.165, 1.54) is 6.08 Å². The summed E-state index contributed by atoms with van der Waals surface area (Å²) in [5.41, 5.74) is 0.858. The van der Waals surface area contributed by atoms with Crippen molar-refractivity contribution in [3.05, 3.63) is 22.8 Å². The van der Waals surface area contributed by atoms with Crippen molar-refractivity contribution >= 4 is 17.9 Å².